The Hall–Kier alpha value is -1.36. The third-order valence-electron chi connectivity index (χ3n) is 2.37. The molecular weight excluding hydrogens is 284 g/mol. The van der Waals surface area contributed by atoms with E-state index in [1.165, 1.54) is 4.90 Å². The van der Waals surface area contributed by atoms with Crippen molar-refractivity contribution in [3.05, 3.63) is 34.3 Å². The normalized spacial score (nSPS) is 9.82. The van der Waals surface area contributed by atoms with Crippen LogP contribution in [0.2, 0.25) is 0 Å². The molecule has 0 aliphatic heterocycles. The number of hydrogen-bond acceptors (Lipinski definition) is 2. The molecule has 4 nitrogen and oxygen atoms in total. The van der Waals surface area contributed by atoms with Crippen LogP contribution in [0.4, 0.5) is 0 Å². The second kappa shape index (κ2) is 6.39. The summed E-state index contributed by atoms with van der Waals surface area (Å²) in [6.45, 7) is 2.43. The number of nitrogens with one attached hydrogen (secondary N) is 1. The van der Waals surface area contributed by atoms with E-state index >= 15 is 0 Å². The molecule has 0 aliphatic carbocycles. The SMILES string of the molecule is CCN(CC(=O)NC)C(=O)c1ccc(Br)cc1. The lowest BCUT2D eigenvalue weighted by molar-refractivity contribution is -0.121. The van der Waals surface area contributed by atoms with E-state index in [1.54, 1.807) is 31.3 Å². The number of amides is 2. The van der Waals surface area contributed by atoms with Crippen molar-refractivity contribution in [2.45, 2.75) is 6.92 Å². The van der Waals surface area contributed by atoms with E-state index < -0.39 is 0 Å². The highest BCUT2D eigenvalue weighted by atomic mass is 79.9. The lowest BCUT2D eigenvalue weighted by Gasteiger charge is -2.19. The van der Waals surface area contributed by atoms with E-state index in [0.29, 0.717) is 12.1 Å². The van der Waals surface area contributed by atoms with Gasteiger partial charge in [0.05, 0.1) is 6.54 Å². The van der Waals surface area contributed by atoms with Crippen molar-refractivity contribution in [3.8, 4) is 0 Å². The highest BCUT2D eigenvalue weighted by Crippen LogP contribution is 2.12. The van der Waals surface area contributed by atoms with Crippen LogP contribution in [0.3, 0.4) is 0 Å². The average Bonchev–Trinajstić information content (AvgIpc) is 2.35. The molecule has 1 aromatic rings. The van der Waals surface area contributed by atoms with E-state index in [1.807, 2.05) is 6.92 Å². The molecule has 2 amide bonds. The molecule has 0 aromatic heterocycles. The third-order valence-corrected chi connectivity index (χ3v) is 2.90. The molecule has 1 N–H and O–H groups in total. The molecule has 0 aliphatic rings. The molecule has 92 valence electrons. The van der Waals surface area contributed by atoms with Crippen molar-refractivity contribution < 1.29 is 9.59 Å². The van der Waals surface area contributed by atoms with E-state index in [4.69, 9.17) is 0 Å². The lowest BCUT2D eigenvalue weighted by atomic mass is 10.2. The summed E-state index contributed by atoms with van der Waals surface area (Å²) in [7, 11) is 1.56. The second-order valence-corrected chi connectivity index (χ2v) is 4.42. The van der Waals surface area contributed by atoms with Crippen LogP contribution in [0.5, 0.6) is 0 Å². The van der Waals surface area contributed by atoms with Crippen LogP contribution in [0.1, 0.15) is 17.3 Å². The van der Waals surface area contributed by atoms with E-state index in [2.05, 4.69) is 21.2 Å². The summed E-state index contributed by atoms with van der Waals surface area (Å²) in [4.78, 5) is 24.8. The van der Waals surface area contributed by atoms with Gasteiger partial charge in [-0.05, 0) is 31.2 Å². The molecule has 0 atom stereocenters. The Labute approximate surface area is 109 Å². The highest BCUT2D eigenvalue weighted by Gasteiger charge is 2.16. The minimum Gasteiger partial charge on any atom is -0.358 e. The van der Waals surface area contributed by atoms with Gasteiger partial charge in [0, 0.05) is 23.6 Å². The lowest BCUT2D eigenvalue weighted by Crippen LogP contribution is -2.39. The standard InChI is InChI=1S/C12H15BrN2O2/c1-3-15(8-11(16)14-2)12(17)9-4-6-10(13)7-5-9/h4-7H,3,8H2,1-2H3,(H,14,16). The van der Waals surface area contributed by atoms with Crippen LogP contribution >= 0.6 is 15.9 Å². The predicted octanol–water partition coefficient (Wildman–Crippen LogP) is 1.66. The Kier molecular flexibility index (Phi) is 5.15. The van der Waals surface area contributed by atoms with E-state index in [9.17, 15) is 9.59 Å². The van der Waals surface area contributed by atoms with Gasteiger partial charge < -0.3 is 10.2 Å². The fraction of sp³-hybridized carbons (Fsp3) is 0.333. The Bertz CT molecular complexity index is 403. The fourth-order valence-electron chi connectivity index (χ4n) is 1.35. The number of rotatable bonds is 4. The van der Waals surface area contributed by atoms with Gasteiger partial charge in [-0.1, -0.05) is 15.9 Å². The van der Waals surface area contributed by atoms with Gasteiger partial charge in [0.1, 0.15) is 0 Å². The molecule has 0 fully saturated rings. The number of hydrogen-bond donors (Lipinski definition) is 1. The summed E-state index contributed by atoms with van der Waals surface area (Å²) >= 11 is 3.31. The Morgan fingerprint density at radius 1 is 1.29 bits per heavy atom. The highest BCUT2D eigenvalue weighted by molar-refractivity contribution is 9.10. The summed E-state index contributed by atoms with van der Waals surface area (Å²) in [5.41, 5.74) is 0.582. The molecule has 1 aromatic carbocycles. The largest absolute Gasteiger partial charge is 0.358 e. The zero-order valence-electron chi connectivity index (χ0n) is 9.87. The van der Waals surface area contributed by atoms with E-state index in [-0.39, 0.29) is 18.4 Å². The molecule has 17 heavy (non-hydrogen) atoms. The smallest absolute Gasteiger partial charge is 0.254 e. The molecular formula is C12H15BrN2O2. The maximum Gasteiger partial charge on any atom is 0.254 e. The Morgan fingerprint density at radius 3 is 2.35 bits per heavy atom. The second-order valence-electron chi connectivity index (χ2n) is 3.50. The van der Waals surface area contributed by atoms with Gasteiger partial charge in [-0.15, -0.1) is 0 Å². The van der Waals surface area contributed by atoms with Gasteiger partial charge in [-0.25, -0.2) is 0 Å². The summed E-state index contributed by atoms with van der Waals surface area (Å²) in [6, 6.07) is 7.08. The van der Waals surface area contributed by atoms with Gasteiger partial charge in [0.25, 0.3) is 5.91 Å². The van der Waals surface area contributed by atoms with Crippen molar-refractivity contribution in [1.29, 1.82) is 0 Å². The Morgan fingerprint density at radius 2 is 1.88 bits per heavy atom. The summed E-state index contributed by atoms with van der Waals surface area (Å²) in [6.07, 6.45) is 0. The van der Waals surface area contributed by atoms with Gasteiger partial charge in [0.15, 0.2) is 0 Å². The average molecular weight is 299 g/mol. The number of benzene rings is 1. The Balaban J connectivity index is 2.78. The number of likely N-dealkylation sites (N-methyl/N-ethyl adjacent to an activating group) is 2. The molecule has 0 saturated carbocycles. The maximum atomic E-state index is 12.1. The van der Waals surface area contributed by atoms with Crippen LogP contribution in [-0.4, -0.2) is 36.9 Å². The van der Waals surface area contributed by atoms with E-state index in [0.717, 1.165) is 4.47 Å². The van der Waals surface area contributed by atoms with Gasteiger partial charge in [0.2, 0.25) is 5.91 Å². The molecule has 0 heterocycles. The maximum absolute atomic E-state index is 12.1. The zero-order valence-corrected chi connectivity index (χ0v) is 11.5. The van der Waals surface area contributed by atoms with Crippen molar-refractivity contribution in [1.82, 2.24) is 10.2 Å². The molecule has 0 radical (unpaired) electrons. The minimum atomic E-state index is -0.169. The first-order valence-corrected chi connectivity index (χ1v) is 6.13. The van der Waals surface area contributed by atoms with Crippen molar-refractivity contribution in [2.75, 3.05) is 20.1 Å². The molecule has 0 saturated heterocycles. The monoisotopic (exact) mass is 298 g/mol. The van der Waals surface area contributed by atoms with Gasteiger partial charge in [-0.3, -0.25) is 9.59 Å². The van der Waals surface area contributed by atoms with Crippen LogP contribution < -0.4 is 5.32 Å². The molecule has 0 spiro atoms. The number of carbonyl (C=O) groups excluding carboxylic acids is 2. The number of carbonyl (C=O) groups is 2. The first kappa shape index (κ1) is 13.7. The quantitative estimate of drug-likeness (QED) is 0.919. The molecule has 1 rings (SSSR count). The topological polar surface area (TPSA) is 49.4 Å². The molecule has 0 unspecified atom stereocenters. The van der Waals surface area contributed by atoms with Crippen LogP contribution in [0.25, 0.3) is 0 Å². The minimum absolute atomic E-state index is 0.0852. The fourth-order valence-corrected chi connectivity index (χ4v) is 1.62. The molecule has 0 bridgehead atoms. The summed E-state index contributed by atoms with van der Waals surface area (Å²) in [5, 5.41) is 2.50. The first-order valence-electron chi connectivity index (χ1n) is 5.34. The van der Waals surface area contributed by atoms with Gasteiger partial charge >= 0.3 is 0 Å². The number of nitrogens with zero attached hydrogens (tertiary/aromatic N) is 1. The third kappa shape index (κ3) is 3.85. The van der Waals surface area contributed by atoms with Crippen molar-refractivity contribution in [2.24, 2.45) is 0 Å². The number of halogens is 1. The van der Waals surface area contributed by atoms with Crippen molar-refractivity contribution >= 4 is 27.7 Å². The first-order chi connectivity index (χ1) is 8.08. The zero-order chi connectivity index (χ0) is 12.8. The van der Waals surface area contributed by atoms with Crippen molar-refractivity contribution in [3.63, 3.8) is 0 Å². The van der Waals surface area contributed by atoms with Gasteiger partial charge in [-0.2, -0.15) is 0 Å². The summed E-state index contributed by atoms with van der Waals surface area (Å²) in [5.74, 6) is -0.305. The van der Waals surface area contributed by atoms with Crippen LogP contribution in [0.15, 0.2) is 28.7 Å². The predicted molar refractivity (Wildman–Crippen MR) is 69.8 cm³/mol. The molecule has 5 heteroatoms. The summed E-state index contributed by atoms with van der Waals surface area (Å²) < 4.78 is 0.920. The van der Waals surface area contributed by atoms with Crippen LogP contribution in [0, 0.1) is 0 Å². The van der Waals surface area contributed by atoms with Crippen LogP contribution in [-0.2, 0) is 4.79 Å².